The highest BCUT2D eigenvalue weighted by Crippen LogP contribution is 2.20. The lowest BCUT2D eigenvalue weighted by molar-refractivity contribution is 0.628. The molecule has 122 valence electrons. The maximum Gasteiger partial charge on any atom is 0.233 e. The summed E-state index contributed by atoms with van der Waals surface area (Å²) in [6.45, 7) is 2.00. The van der Waals surface area contributed by atoms with Crippen molar-refractivity contribution in [1.29, 1.82) is 0 Å². The second-order valence-electron chi connectivity index (χ2n) is 5.16. The van der Waals surface area contributed by atoms with Crippen LogP contribution in [0.4, 0.5) is 22.0 Å². The summed E-state index contributed by atoms with van der Waals surface area (Å²) < 4.78 is 13.0. The van der Waals surface area contributed by atoms with Gasteiger partial charge < -0.3 is 10.6 Å². The molecule has 2 N–H and O–H groups in total. The molecular formula is C17H15ClFN5. The molecule has 1 aromatic heterocycles. The van der Waals surface area contributed by atoms with Gasteiger partial charge in [-0.15, -0.1) is 0 Å². The summed E-state index contributed by atoms with van der Waals surface area (Å²) in [4.78, 5) is 12.4. The number of anilines is 3. The van der Waals surface area contributed by atoms with E-state index in [0.717, 1.165) is 5.56 Å². The first-order valence-corrected chi connectivity index (χ1v) is 7.73. The molecule has 24 heavy (non-hydrogen) atoms. The second kappa shape index (κ2) is 7.23. The molecule has 3 aromatic rings. The zero-order valence-corrected chi connectivity index (χ0v) is 13.6. The zero-order chi connectivity index (χ0) is 16.9. The van der Waals surface area contributed by atoms with Crippen LogP contribution in [0.5, 0.6) is 0 Å². The molecule has 0 radical (unpaired) electrons. The number of nitrogens with zero attached hydrogens (tertiary/aromatic N) is 3. The van der Waals surface area contributed by atoms with E-state index in [2.05, 4.69) is 25.6 Å². The fraction of sp³-hybridized carbons (Fsp3) is 0.118. The summed E-state index contributed by atoms with van der Waals surface area (Å²) in [6, 6.07) is 15.8. The van der Waals surface area contributed by atoms with Gasteiger partial charge >= 0.3 is 0 Å². The van der Waals surface area contributed by atoms with Crippen LogP contribution in [-0.2, 0) is 0 Å². The van der Waals surface area contributed by atoms with Crippen molar-refractivity contribution in [3.05, 3.63) is 71.3 Å². The Morgan fingerprint density at radius 3 is 2.29 bits per heavy atom. The molecule has 7 heteroatoms. The number of hydrogen-bond acceptors (Lipinski definition) is 5. The molecule has 2 aromatic carbocycles. The standard InChI is InChI=1S/C17H15ClFN5/c1-11(12-5-3-2-4-6-12)20-16-22-15(18)23-17(24-16)21-14-9-7-13(19)8-10-14/h2-11H,1H3,(H2,20,21,22,23,24)/t11-/m1/s1. The predicted octanol–water partition coefficient (Wildman–Crippen LogP) is 4.58. The normalized spacial score (nSPS) is 11.8. The highest BCUT2D eigenvalue weighted by Gasteiger charge is 2.10. The van der Waals surface area contributed by atoms with Gasteiger partial charge in [0.15, 0.2) is 0 Å². The number of halogens is 2. The van der Waals surface area contributed by atoms with Gasteiger partial charge in [-0.05, 0) is 48.4 Å². The Kier molecular flexibility index (Phi) is 4.86. The van der Waals surface area contributed by atoms with Crippen molar-refractivity contribution < 1.29 is 4.39 Å². The lowest BCUT2D eigenvalue weighted by atomic mass is 10.1. The van der Waals surface area contributed by atoms with Gasteiger partial charge in [0, 0.05) is 5.69 Å². The fourth-order valence-corrected chi connectivity index (χ4v) is 2.31. The molecule has 0 amide bonds. The number of benzene rings is 2. The third-order valence-electron chi connectivity index (χ3n) is 3.35. The summed E-state index contributed by atoms with van der Waals surface area (Å²) in [6.07, 6.45) is 0. The fourth-order valence-electron chi connectivity index (χ4n) is 2.15. The van der Waals surface area contributed by atoms with Crippen LogP contribution in [0.25, 0.3) is 0 Å². The minimum Gasteiger partial charge on any atom is -0.348 e. The van der Waals surface area contributed by atoms with Crippen LogP contribution in [0, 0.1) is 5.82 Å². The Morgan fingerprint density at radius 1 is 0.917 bits per heavy atom. The van der Waals surface area contributed by atoms with E-state index < -0.39 is 0 Å². The number of aromatic nitrogens is 3. The Labute approximate surface area is 144 Å². The van der Waals surface area contributed by atoms with Gasteiger partial charge in [-0.3, -0.25) is 0 Å². The quantitative estimate of drug-likeness (QED) is 0.710. The van der Waals surface area contributed by atoms with Gasteiger partial charge in [0.1, 0.15) is 5.82 Å². The molecule has 0 spiro atoms. The van der Waals surface area contributed by atoms with E-state index in [0.29, 0.717) is 11.6 Å². The van der Waals surface area contributed by atoms with Gasteiger partial charge in [-0.25, -0.2) is 4.39 Å². The molecule has 0 aliphatic heterocycles. The van der Waals surface area contributed by atoms with Gasteiger partial charge in [0.2, 0.25) is 17.2 Å². The maximum atomic E-state index is 13.0. The molecule has 3 rings (SSSR count). The molecule has 5 nitrogen and oxygen atoms in total. The van der Waals surface area contributed by atoms with Crippen LogP contribution in [0.2, 0.25) is 5.28 Å². The number of rotatable bonds is 5. The Bertz CT molecular complexity index is 811. The molecule has 0 unspecified atom stereocenters. The first-order chi connectivity index (χ1) is 11.6. The highest BCUT2D eigenvalue weighted by molar-refractivity contribution is 6.28. The van der Waals surface area contributed by atoms with Crippen LogP contribution in [0.1, 0.15) is 18.5 Å². The third kappa shape index (κ3) is 4.17. The number of nitrogens with one attached hydrogen (secondary N) is 2. The number of hydrogen-bond donors (Lipinski definition) is 2. The van der Waals surface area contributed by atoms with Crippen LogP contribution in [-0.4, -0.2) is 15.0 Å². The molecule has 1 heterocycles. The molecule has 0 aliphatic carbocycles. The summed E-state index contributed by atoms with van der Waals surface area (Å²) in [7, 11) is 0. The van der Waals surface area contributed by atoms with Crippen LogP contribution in [0.15, 0.2) is 54.6 Å². The topological polar surface area (TPSA) is 62.7 Å². The van der Waals surface area contributed by atoms with Crippen molar-refractivity contribution in [3.8, 4) is 0 Å². The van der Waals surface area contributed by atoms with E-state index in [9.17, 15) is 4.39 Å². The van der Waals surface area contributed by atoms with Gasteiger partial charge in [-0.1, -0.05) is 30.3 Å². The minimum atomic E-state index is -0.312. The largest absolute Gasteiger partial charge is 0.348 e. The Balaban J connectivity index is 1.77. The Hall–Kier alpha value is -2.73. The maximum absolute atomic E-state index is 13.0. The van der Waals surface area contributed by atoms with Crippen molar-refractivity contribution in [2.75, 3.05) is 10.6 Å². The van der Waals surface area contributed by atoms with Gasteiger partial charge in [0.25, 0.3) is 0 Å². The summed E-state index contributed by atoms with van der Waals surface area (Å²) >= 11 is 5.97. The van der Waals surface area contributed by atoms with E-state index in [1.807, 2.05) is 37.3 Å². The second-order valence-corrected chi connectivity index (χ2v) is 5.50. The van der Waals surface area contributed by atoms with Crippen molar-refractivity contribution in [2.24, 2.45) is 0 Å². The minimum absolute atomic E-state index is 0.00309. The van der Waals surface area contributed by atoms with Crippen LogP contribution < -0.4 is 10.6 Å². The van der Waals surface area contributed by atoms with E-state index in [1.54, 1.807) is 12.1 Å². The van der Waals surface area contributed by atoms with E-state index >= 15 is 0 Å². The lowest BCUT2D eigenvalue weighted by Crippen LogP contribution is -2.11. The van der Waals surface area contributed by atoms with E-state index in [1.165, 1.54) is 12.1 Å². The monoisotopic (exact) mass is 343 g/mol. The average Bonchev–Trinajstić information content (AvgIpc) is 2.57. The summed E-state index contributed by atoms with van der Waals surface area (Å²) in [5.41, 5.74) is 1.75. The van der Waals surface area contributed by atoms with E-state index in [-0.39, 0.29) is 23.1 Å². The van der Waals surface area contributed by atoms with Crippen molar-refractivity contribution in [2.45, 2.75) is 13.0 Å². The third-order valence-corrected chi connectivity index (χ3v) is 3.52. The first-order valence-electron chi connectivity index (χ1n) is 7.36. The van der Waals surface area contributed by atoms with Crippen molar-refractivity contribution >= 4 is 29.2 Å². The summed E-state index contributed by atoms with van der Waals surface area (Å²) in [5, 5.41) is 6.23. The van der Waals surface area contributed by atoms with Crippen molar-refractivity contribution in [1.82, 2.24) is 15.0 Å². The molecule has 0 saturated carbocycles. The highest BCUT2D eigenvalue weighted by atomic mass is 35.5. The van der Waals surface area contributed by atoms with Gasteiger partial charge in [0.05, 0.1) is 6.04 Å². The Morgan fingerprint density at radius 2 is 1.58 bits per heavy atom. The van der Waals surface area contributed by atoms with Crippen LogP contribution in [0.3, 0.4) is 0 Å². The molecule has 0 bridgehead atoms. The molecule has 1 atom stereocenters. The van der Waals surface area contributed by atoms with Gasteiger partial charge in [-0.2, -0.15) is 15.0 Å². The smallest absolute Gasteiger partial charge is 0.233 e. The first kappa shape index (κ1) is 16.1. The van der Waals surface area contributed by atoms with Crippen molar-refractivity contribution in [3.63, 3.8) is 0 Å². The SMILES string of the molecule is C[C@@H](Nc1nc(Cl)nc(Nc2ccc(F)cc2)n1)c1ccccc1. The zero-order valence-electron chi connectivity index (χ0n) is 12.9. The van der Waals surface area contributed by atoms with E-state index in [4.69, 9.17) is 11.6 Å². The molecular weight excluding hydrogens is 329 g/mol. The molecule has 0 saturated heterocycles. The molecule has 0 fully saturated rings. The van der Waals surface area contributed by atoms with Crippen LogP contribution >= 0.6 is 11.6 Å². The molecule has 0 aliphatic rings. The summed E-state index contributed by atoms with van der Waals surface area (Å²) in [5.74, 6) is 0.327. The average molecular weight is 344 g/mol. The predicted molar refractivity (Wildman–Crippen MR) is 93.0 cm³/mol. The lowest BCUT2D eigenvalue weighted by Gasteiger charge is -2.14.